The standard InChI is InChI=1S/Bi.5Nb.15O.Pb/q+3;;;;;;;;;;;;;;;;5*-1;+2. The minimum atomic E-state index is -4.20. The third kappa shape index (κ3) is 1060. The average molecular weight is 1120 g/mol. The maximum Gasteiger partial charge on any atom is 2.00 e. The van der Waals surface area contributed by atoms with Crippen molar-refractivity contribution in [1.29, 1.82) is 0 Å². The zero-order valence-electron chi connectivity index (χ0n) is 9.31. The van der Waals surface area contributed by atoms with E-state index in [-0.39, 0.29) is 53.5 Å². The Labute approximate surface area is 194 Å². The minimum Gasteiger partial charge on any atom is 2.00 e. The predicted octanol–water partition coefficient (Wildman–Crippen LogP) is -7.91. The predicted molar refractivity (Wildman–Crippen MR) is 18.4 cm³/mol. The minimum absolute atomic E-state index is 0. The monoisotopic (exact) mass is 1120 g/mol. The third-order valence-electron chi connectivity index (χ3n) is 0. The first-order valence-electron chi connectivity index (χ1n) is 2.74. The summed E-state index contributed by atoms with van der Waals surface area (Å²) < 4.78 is 129. The van der Waals surface area contributed by atoms with Crippen LogP contribution in [-0.4, -0.2) is 53.5 Å². The van der Waals surface area contributed by atoms with Crippen molar-refractivity contribution < 1.29 is 145 Å². The van der Waals surface area contributed by atoms with Gasteiger partial charge in [-0.3, -0.25) is 0 Å². The van der Waals surface area contributed by atoms with Gasteiger partial charge in [0.1, 0.15) is 0 Å². The molecule has 0 bridgehead atoms. The summed E-state index contributed by atoms with van der Waals surface area (Å²) >= 11 is -21.0. The summed E-state index contributed by atoms with van der Waals surface area (Å²) in [6, 6.07) is 0. The molecule has 0 N–H and O–H groups in total. The van der Waals surface area contributed by atoms with Crippen LogP contribution in [0.15, 0.2) is 0 Å². The zero-order valence-corrected chi connectivity index (χ0v) is 27.7. The summed E-state index contributed by atoms with van der Waals surface area (Å²) in [4.78, 5) is 0. The van der Waals surface area contributed by atoms with Gasteiger partial charge in [0.15, 0.2) is 0 Å². The molecule has 0 saturated carbocycles. The Bertz CT molecular complexity index is 386. The Morgan fingerprint density at radius 3 is 0.364 bits per heavy atom. The normalized spacial score (nSPS) is 5.68. The smallest absolute Gasteiger partial charge is 2.00 e. The summed E-state index contributed by atoms with van der Waals surface area (Å²) in [7, 11) is 0. The quantitative estimate of drug-likeness (QED) is 0.204. The van der Waals surface area contributed by atoms with E-state index < -0.39 is 93.9 Å². The summed E-state index contributed by atoms with van der Waals surface area (Å²) in [5.74, 6) is 0. The molecule has 0 rings (SSSR count). The van der Waals surface area contributed by atoms with Crippen molar-refractivity contribution in [2.24, 2.45) is 0 Å². The average Bonchev–Trinajstić information content (AvgIpc) is 1.94. The van der Waals surface area contributed by atoms with Crippen molar-refractivity contribution in [3.05, 3.63) is 0 Å². The van der Waals surface area contributed by atoms with Gasteiger partial charge in [-0.1, -0.05) is 0 Å². The molecule has 0 amide bonds. The topological polar surface area (TPSA) is 286 Å². The molecular weight excluding hydrogens is 1120 g/mol. The molecule has 124 valence electrons. The van der Waals surface area contributed by atoms with Gasteiger partial charge in [-0.15, -0.1) is 0 Å². The summed E-state index contributed by atoms with van der Waals surface area (Å²) in [6.07, 6.45) is 0. The summed E-state index contributed by atoms with van der Waals surface area (Å²) in [6.45, 7) is 0. The zero-order chi connectivity index (χ0) is 17.9. The SMILES string of the molecule is [Bi+3].[O]=[Nb](=[O])[O-].[O]=[Nb](=[O])[O-].[O]=[Nb](=[O])[O-].[O]=[Nb](=[O])[O-].[O]=[Nb](=[O])[O-].[Pb+2]. The summed E-state index contributed by atoms with van der Waals surface area (Å²) in [5, 5.41) is 0. The van der Waals surface area contributed by atoms with Gasteiger partial charge in [0.2, 0.25) is 0 Å². The second-order valence-electron chi connectivity index (χ2n) is 1.12. The molecule has 0 aromatic carbocycles. The molecule has 22 heteroatoms. The molecule has 0 heterocycles. The van der Waals surface area contributed by atoms with Gasteiger partial charge in [-0.2, -0.15) is 0 Å². The first kappa shape index (κ1) is 44.6. The van der Waals surface area contributed by atoms with Crippen molar-refractivity contribution in [1.82, 2.24) is 0 Å². The van der Waals surface area contributed by atoms with Crippen LogP contribution in [-0.2, 0) is 126 Å². The van der Waals surface area contributed by atoms with E-state index in [9.17, 15) is 0 Å². The van der Waals surface area contributed by atoms with E-state index in [0.717, 1.165) is 0 Å². The molecule has 0 unspecified atom stereocenters. The van der Waals surface area contributed by atoms with E-state index in [0.29, 0.717) is 0 Å². The molecule has 0 aliphatic rings. The van der Waals surface area contributed by atoms with Crippen LogP contribution < -0.4 is 18.1 Å². The van der Waals surface area contributed by atoms with Crippen LogP contribution in [0.25, 0.3) is 0 Å². The van der Waals surface area contributed by atoms with Crippen LogP contribution in [0.3, 0.4) is 0 Å². The van der Waals surface area contributed by atoms with Crippen LogP contribution >= 0.6 is 0 Å². The molecule has 0 aliphatic carbocycles. The number of hydrogen-bond donors (Lipinski definition) is 0. The van der Waals surface area contributed by atoms with E-state index in [1.54, 1.807) is 0 Å². The molecule has 4 radical (unpaired) electrons. The molecule has 0 aromatic heterocycles. The fourth-order valence-corrected chi connectivity index (χ4v) is 0. The van der Waals surface area contributed by atoms with E-state index in [2.05, 4.69) is 0 Å². The van der Waals surface area contributed by atoms with E-state index in [1.807, 2.05) is 0 Å². The molecule has 0 spiro atoms. The Morgan fingerprint density at radius 1 is 0.364 bits per heavy atom. The van der Waals surface area contributed by atoms with Crippen molar-refractivity contribution in [3.8, 4) is 0 Å². The Kier molecular flexibility index (Phi) is 79.9. The van der Waals surface area contributed by atoms with Crippen LogP contribution in [0.5, 0.6) is 0 Å². The maximum absolute atomic E-state index is 8.60. The Hall–Kier alpha value is 3.31. The van der Waals surface area contributed by atoms with Gasteiger partial charge >= 0.3 is 198 Å². The number of hydrogen-bond acceptors (Lipinski definition) is 15. The number of rotatable bonds is 0. The second kappa shape index (κ2) is 39.4. The molecule has 0 saturated heterocycles. The fraction of sp³-hybridized carbons (Fsp3) is 0. The van der Waals surface area contributed by atoms with Crippen molar-refractivity contribution in [2.75, 3.05) is 0 Å². The van der Waals surface area contributed by atoms with Crippen molar-refractivity contribution >= 4 is 53.5 Å². The van der Waals surface area contributed by atoms with Crippen LogP contribution in [0, 0.1) is 0 Å². The Balaban J connectivity index is -0.0000000250. The van der Waals surface area contributed by atoms with Gasteiger partial charge < -0.3 is 0 Å². The molecule has 0 atom stereocenters. The molecule has 22 heavy (non-hydrogen) atoms. The maximum atomic E-state index is 8.60. The first-order valence-corrected chi connectivity index (χ1v) is 16.2. The molecule has 15 nitrogen and oxygen atoms in total. The first-order chi connectivity index (χ1) is 8.66. The van der Waals surface area contributed by atoms with E-state index in [1.165, 1.54) is 0 Å². The van der Waals surface area contributed by atoms with Crippen molar-refractivity contribution in [3.63, 3.8) is 0 Å². The van der Waals surface area contributed by atoms with Gasteiger partial charge in [0, 0.05) is 0 Å². The van der Waals surface area contributed by atoms with Gasteiger partial charge in [0.25, 0.3) is 0 Å². The molecule has 0 aromatic rings. The second-order valence-corrected chi connectivity index (χ2v) is 6.61. The van der Waals surface area contributed by atoms with Gasteiger partial charge in [-0.25, -0.2) is 0 Å². The van der Waals surface area contributed by atoms with Crippen LogP contribution in [0.4, 0.5) is 0 Å². The largest absolute Gasteiger partial charge is 2.00 e. The Morgan fingerprint density at radius 2 is 0.364 bits per heavy atom. The van der Waals surface area contributed by atoms with Crippen molar-refractivity contribution in [2.45, 2.75) is 0 Å². The third-order valence-corrected chi connectivity index (χ3v) is 0. The van der Waals surface area contributed by atoms with Gasteiger partial charge in [0.05, 0.1) is 0 Å². The molecular formula is BiNb5O15Pb. The summed E-state index contributed by atoms with van der Waals surface area (Å²) in [5.41, 5.74) is 0. The van der Waals surface area contributed by atoms with Crippen LogP contribution in [0.1, 0.15) is 0 Å². The van der Waals surface area contributed by atoms with E-state index in [4.69, 9.17) is 50.6 Å². The van der Waals surface area contributed by atoms with Crippen LogP contribution in [0.2, 0.25) is 0 Å². The molecule has 0 aliphatic heterocycles. The van der Waals surface area contributed by atoms with Gasteiger partial charge in [-0.05, 0) is 0 Å². The van der Waals surface area contributed by atoms with E-state index >= 15 is 0 Å². The molecule has 0 fully saturated rings. The fourth-order valence-electron chi connectivity index (χ4n) is 0.